The molecule has 2 heterocycles. The lowest BCUT2D eigenvalue weighted by Gasteiger charge is -2.48. The summed E-state index contributed by atoms with van der Waals surface area (Å²) in [6.45, 7) is 5.44. The van der Waals surface area contributed by atoms with Gasteiger partial charge in [-0.2, -0.15) is 0 Å². The van der Waals surface area contributed by atoms with E-state index >= 15 is 0 Å². The third-order valence-corrected chi connectivity index (χ3v) is 6.09. The molecule has 0 bridgehead atoms. The van der Waals surface area contributed by atoms with E-state index in [1.165, 1.54) is 6.42 Å². The molecule has 0 spiro atoms. The minimum absolute atomic E-state index is 0.176. The Morgan fingerprint density at radius 3 is 2.90 bits per heavy atom. The quantitative estimate of drug-likeness (QED) is 0.806. The zero-order valence-corrected chi connectivity index (χ0v) is 12.7. The van der Waals surface area contributed by atoms with Gasteiger partial charge in [0.25, 0.3) is 0 Å². The highest BCUT2D eigenvalue weighted by Crippen LogP contribution is 2.41. The van der Waals surface area contributed by atoms with Crippen LogP contribution in [-0.4, -0.2) is 47.7 Å². The molecule has 4 heteroatoms. The molecule has 0 aromatic carbocycles. The van der Waals surface area contributed by atoms with Crippen molar-refractivity contribution in [3.63, 3.8) is 0 Å². The summed E-state index contributed by atoms with van der Waals surface area (Å²) in [7, 11) is 0. The normalized spacial score (nSPS) is 41.5. The monoisotopic (exact) mass is 280 g/mol. The van der Waals surface area contributed by atoms with E-state index in [4.69, 9.17) is 0 Å². The Kier molecular flexibility index (Phi) is 3.80. The Morgan fingerprint density at radius 2 is 2.20 bits per heavy atom. The molecule has 4 nitrogen and oxygen atoms in total. The van der Waals surface area contributed by atoms with Crippen LogP contribution in [0.1, 0.15) is 51.9 Å². The molecule has 2 saturated heterocycles. The van der Waals surface area contributed by atoms with Gasteiger partial charge < -0.3 is 15.3 Å². The lowest BCUT2D eigenvalue weighted by atomic mass is 9.70. The summed E-state index contributed by atoms with van der Waals surface area (Å²) in [5, 5.41) is 14.1. The predicted octanol–water partition coefficient (Wildman–Crippen LogP) is 1.53. The first-order valence-electron chi connectivity index (χ1n) is 8.32. The molecule has 0 aromatic rings. The summed E-state index contributed by atoms with van der Waals surface area (Å²) in [5.74, 6) is 0.634. The summed E-state index contributed by atoms with van der Waals surface area (Å²) in [4.78, 5) is 15.0. The fourth-order valence-corrected chi connectivity index (χ4v) is 4.47. The van der Waals surface area contributed by atoms with Crippen LogP contribution in [0, 0.1) is 11.3 Å². The van der Waals surface area contributed by atoms with Gasteiger partial charge in [0, 0.05) is 25.6 Å². The molecule has 20 heavy (non-hydrogen) atoms. The topological polar surface area (TPSA) is 52.6 Å². The Hall–Kier alpha value is -0.610. The van der Waals surface area contributed by atoms with Gasteiger partial charge in [-0.15, -0.1) is 0 Å². The molecular formula is C16H28N2O2. The molecule has 0 aromatic heterocycles. The summed E-state index contributed by atoms with van der Waals surface area (Å²) < 4.78 is 0. The molecule has 3 fully saturated rings. The first kappa shape index (κ1) is 14.3. The summed E-state index contributed by atoms with van der Waals surface area (Å²) in [5.41, 5.74) is -0.660. The Bertz CT molecular complexity index is 379. The lowest BCUT2D eigenvalue weighted by Crippen LogP contribution is -2.57. The van der Waals surface area contributed by atoms with E-state index in [9.17, 15) is 9.90 Å². The van der Waals surface area contributed by atoms with Gasteiger partial charge in [-0.3, -0.25) is 4.79 Å². The summed E-state index contributed by atoms with van der Waals surface area (Å²) >= 11 is 0. The number of fused-ring (bicyclic) bond motifs is 1. The number of piperidine rings is 1. The first-order valence-corrected chi connectivity index (χ1v) is 8.32. The third-order valence-electron chi connectivity index (χ3n) is 6.09. The van der Waals surface area contributed by atoms with Crippen molar-refractivity contribution in [1.82, 2.24) is 10.2 Å². The smallest absolute Gasteiger partial charge is 0.230 e. The van der Waals surface area contributed by atoms with Gasteiger partial charge in [-0.05, 0) is 38.6 Å². The van der Waals surface area contributed by atoms with E-state index in [1.807, 2.05) is 0 Å². The maximum absolute atomic E-state index is 12.9. The van der Waals surface area contributed by atoms with Crippen LogP contribution in [0.3, 0.4) is 0 Å². The Morgan fingerprint density at radius 1 is 1.35 bits per heavy atom. The zero-order valence-electron chi connectivity index (χ0n) is 12.7. The first-order chi connectivity index (χ1) is 9.60. The van der Waals surface area contributed by atoms with E-state index in [0.717, 1.165) is 64.7 Å². The van der Waals surface area contributed by atoms with Crippen LogP contribution >= 0.6 is 0 Å². The second kappa shape index (κ2) is 5.30. The zero-order chi connectivity index (χ0) is 14.2. The highest BCUT2D eigenvalue weighted by molar-refractivity contribution is 5.83. The van der Waals surface area contributed by atoms with Crippen molar-refractivity contribution in [3.05, 3.63) is 0 Å². The molecule has 3 atom stereocenters. The van der Waals surface area contributed by atoms with Gasteiger partial charge in [0.1, 0.15) is 0 Å². The van der Waals surface area contributed by atoms with Crippen molar-refractivity contribution in [2.45, 2.75) is 57.5 Å². The molecular weight excluding hydrogens is 252 g/mol. The van der Waals surface area contributed by atoms with Crippen LogP contribution in [0.2, 0.25) is 0 Å². The van der Waals surface area contributed by atoms with E-state index in [1.54, 1.807) is 0 Å². The van der Waals surface area contributed by atoms with E-state index in [-0.39, 0.29) is 5.41 Å². The van der Waals surface area contributed by atoms with Crippen molar-refractivity contribution >= 4 is 5.91 Å². The van der Waals surface area contributed by atoms with Gasteiger partial charge >= 0.3 is 0 Å². The molecule has 2 N–H and O–H groups in total. The average molecular weight is 280 g/mol. The molecule has 1 saturated carbocycles. The second-order valence-electron chi connectivity index (χ2n) is 7.11. The maximum Gasteiger partial charge on any atom is 0.230 e. The molecule has 3 unspecified atom stereocenters. The van der Waals surface area contributed by atoms with Gasteiger partial charge in [0.05, 0.1) is 11.0 Å². The number of rotatable bonds is 2. The number of hydrogen-bond donors (Lipinski definition) is 2. The Labute approximate surface area is 121 Å². The maximum atomic E-state index is 12.9. The number of nitrogens with one attached hydrogen (secondary N) is 1. The molecule has 3 aliphatic rings. The van der Waals surface area contributed by atoms with Crippen LogP contribution in [-0.2, 0) is 4.79 Å². The van der Waals surface area contributed by atoms with Crippen molar-refractivity contribution in [3.8, 4) is 0 Å². The number of amides is 1. The minimum Gasteiger partial charge on any atom is -0.389 e. The van der Waals surface area contributed by atoms with Crippen molar-refractivity contribution in [1.29, 1.82) is 0 Å². The van der Waals surface area contributed by atoms with Crippen molar-refractivity contribution in [2.24, 2.45) is 11.3 Å². The van der Waals surface area contributed by atoms with E-state index < -0.39 is 5.60 Å². The third kappa shape index (κ3) is 2.27. The fraction of sp³-hybridized carbons (Fsp3) is 0.938. The SMILES string of the molecule is CCC1(C(=O)N2CCC3(O)CCCCC3C2)CCNC1. The van der Waals surface area contributed by atoms with Gasteiger partial charge in [-0.1, -0.05) is 19.8 Å². The Balaban J connectivity index is 1.71. The van der Waals surface area contributed by atoms with Crippen molar-refractivity contribution < 1.29 is 9.90 Å². The largest absolute Gasteiger partial charge is 0.389 e. The number of hydrogen-bond acceptors (Lipinski definition) is 3. The molecule has 1 amide bonds. The second-order valence-corrected chi connectivity index (χ2v) is 7.11. The highest BCUT2D eigenvalue weighted by atomic mass is 16.3. The predicted molar refractivity (Wildman–Crippen MR) is 78.3 cm³/mol. The molecule has 0 radical (unpaired) electrons. The number of nitrogens with zero attached hydrogens (tertiary/aromatic N) is 1. The number of aliphatic hydroxyl groups is 1. The van der Waals surface area contributed by atoms with E-state index in [2.05, 4.69) is 17.1 Å². The highest BCUT2D eigenvalue weighted by Gasteiger charge is 2.48. The molecule has 3 rings (SSSR count). The van der Waals surface area contributed by atoms with Crippen LogP contribution in [0.4, 0.5) is 0 Å². The summed E-state index contributed by atoms with van der Waals surface area (Å²) in [6, 6.07) is 0. The molecule has 1 aliphatic carbocycles. The van der Waals surface area contributed by atoms with Gasteiger partial charge in [-0.25, -0.2) is 0 Å². The standard InChI is InChI=1S/C16H28N2O2/c1-2-15(7-9-17-12-15)14(19)18-10-8-16(20)6-4-3-5-13(16)11-18/h13,17,20H,2-12H2,1H3. The number of likely N-dealkylation sites (tertiary alicyclic amines) is 1. The fourth-order valence-electron chi connectivity index (χ4n) is 4.47. The lowest BCUT2D eigenvalue weighted by molar-refractivity contribution is -0.152. The van der Waals surface area contributed by atoms with Crippen LogP contribution in [0.25, 0.3) is 0 Å². The van der Waals surface area contributed by atoms with Crippen LogP contribution in [0.5, 0.6) is 0 Å². The summed E-state index contributed by atoms with van der Waals surface area (Å²) in [6.07, 6.45) is 7.02. The number of carbonyl (C=O) groups is 1. The van der Waals surface area contributed by atoms with Crippen LogP contribution < -0.4 is 5.32 Å². The van der Waals surface area contributed by atoms with E-state index in [0.29, 0.717) is 11.8 Å². The minimum atomic E-state index is -0.484. The number of carbonyl (C=O) groups excluding carboxylic acids is 1. The van der Waals surface area contributed by atoms with Gasteiger partial charge in [0.2, 0.25) is 5.91 Å². The molecule has 114 valence electrons. The van der Waals surface area contributed by atoms with Gasteiger partial charge in [0.15, 0.2) is 0 Å². The van der Waals surface area contributed by atoms with Crippen molar-refractivity contribution in [2.75, 3.05) is 26.2 Å². The molecule has 2 aliphatic heterocycles. The average Bonchev–Trinajstić information content (AvgIpc) is 2.95. The van der Waals surface area contributed by atoms with Crippen LogP contribution in [0.15, 0.2) is 0 Å².